The summed E-state index contributed by atoms with van der Waals surface area (Å²) in [4.78, 5) is 17.9. The van der Waals surface area contributed by atoms with E-state index in [1.165, 1.54) is 0 Å². The van der Waals surface area contributed by atoms with E-state index in [0.717, 1.165) is 16.8 Å². The van der Waals surface area contributed by atoms with Gasteiger partial charge in [0.1, 0.15) is 5.60 Å². The van der Waals surface area contributed by atoms with Crippen molar-refractivity contribution in [3.05, 3.63) is 47.5 Å². The molecule has 0 aromatic carbocycles. The molecule has 3 heterocycles. The zero-order chi connectivity index (χ0) is 15.7. The van der Waals surface area contributed by atoms with Crippen LogP contribution in [0.4, 0.5) is 0 Å². The van der Waals surface area contributed by atoms with Crippen molar-refractivity contribution in [2.45, 2.75) is 25.4 Å². The number of hydrogen-bond acceptors (Lipinski definition) is 4. The van der Waals surface area contributed by atoms with E-state index < -0.39 is 5.60 Å². The highest BCUT2D eigenvalue weighted by Crippen LogP contribution is 2.31. The lowest BCUT2D eigenvalue weighted by molar-refractivity contribution is -0.157. The molecule has 1 aliphatic heterocycles. The fourth-order valence-corrected chi connectivity index (χ4v) is 2.77. The second kappa shape index (κ2) is 5.53. The van der Waals surface area contributed by atoms with E-state index in [9.17, 15) is 9.90 Å². The van der Waals surface area contributed by atoms with Crippen LogP contribution in [0.5, 0.6) is 0 Å². The van der Waals surface area contributed by atoms with Crippen LogP contribution in [0.2, 0.25) is 0 Å². The van der Waals surface area contributed by atoms with Crippen molar-refractivity contribution in [1.29, 1.82) is 0 Å². The predicted molar refractivity (Wildman–Crippen MR) is 81.0 cm³/mol. The third kappa shape index (κ3) is 2.62. The number of β-amino-alcohol motifs (C(OH)–C–C–N with tert-alkyl or cyclic N) is 1. The molecule has 0 atom stereocenters. The Bertz CT molecular complexity index is 675. The number of aliphatic hydroxyl groups is 1. The molecule has 1 saturated heterocycles. The first-order valence-electron chi connectivity index (χ1n) is 7.38. The Morgan fingerprint density at radius 3 is 2.77 bits per heavy atom. The Hall–Kier alpha value is -2.21. The molecule has 2 aromatic heterocycles. The molecule has 3 rings (SSSR count). The lowest BCUT2D eigenvalue weighted by Gasteiger charge is -2.46. The number of hydrogen-bond donors (Lipinski definition) is 1. The van der Waals surface area contributed by atoms with Crippen molar-refractivity contribution >= 4 is 5.91 Å². The van der Waals surface area contributed by atoms with Gasteiger partial charge in [-0.3, -0.25) is 14.5 Å². The predicted octanol–water partition coefficient (Wildman–Crippen LogP) is 0.786. The van der Waals surface area contributed by atoms with Crippen molar-refractivity contribution in [1.82, 2.24) is 19.7 Å². The van der Waals surface area contributed by atoms with Crippen LogP contribution in [-0.4, -0.2) is 43.8 Å². The van der Waals surface area contributed by atoms with Gasteiger partial charge >= 0.3 is 0 Å². The van der Waals surface area contributed by atoms with Gasteiger partial charge in [0.25, 0.3) is 0 Å². The molecule has 0 bridgehead atoms. The fourth-order valence-electron chi connectivity index (χ4n) is 2.77. The Morgan fingerprint density at radius 2 is 2.18 bits per heavy atom. The summed E-state index contributed by atoms with van der Waals surface area (Å²) in [6, 6.07) is 3.64. The standard InChI is InChI=1S/C16H20N4O2/c1-12-13(8-18-19(12)2)5-6-15(21)20-10-16(22,11-20)14-4-3-7-17-9-14/h3-4,7-9,22H,5-6,10-11H2,1-2H3. The number of aryl methyl sites for hydroxylation is 2. The summed E-state index contributed by atoms with van der Waals surface area (Å²) in [5, 5.41) is 14.7. The molecular weight excluding hydrogens is 280 g/mol. The molecule has 0 spiro atoms. The van der Waals surface area contributed by atoms with E-state index in [4.69, 9.17) is 0 Å². The Morgan fingerprint density at radius 1 is 1.41 bits per heavy atom. The van der Waals surface area contributed by atoms with Crippen molar-refractivity contribution in [3.8, 4) is 0 Å². The van der Waals surface area contributed by atoms with Crippen LogP contribution in [-0.2, 0) is 23.9 Å². The summed E-state index contributed by atoms with van der Waals surface area (Å²) in [7, 11) is 1.89. The van der Waals surface area contributed by atoms with Gasteiger partial charge in [0, 0.05) is 37.1 Å². The van der Waals surface area contributed by atoms with E-state index >= 15 is 0 Å². The summed E-state index contributed by atoms with van der Waals surface area (Å²) in [5.74, 6) is 0.0665. The average Bonchev–Trinajstić information content (AvgIpc) is 2.82. The van der Waals surface area contributed by atoms with Gasteiger partial charge in [-0.25, -0.2) is 0 Å². The van der Waals surface area contributed by atoms with Crippen LogP contribution in [0.3, 0.4) is 0 Å². The molecule has 1 aliphatic rings. The van der Waals surface area contributed by atoms with Gasteiger partial charge in [-0.1, -0.05) is 6.07 Å². The fraction of sp³-hybridized carbons (Fsp3) is 0.438. The molecule has 6 nitrogen and oxygen atoms in total. The van der Waals surface area contributed by atoms with E-state index in [1.54, 1.807) is 23.4 Å². The largest absolute Gasteiger partial charge is 0.381 e. The first-order valence-corrected chi connectivity index (χ1v) is 7.38. The van der Waals surface area contributed by atoms with Gasteiger partial charge < -0.3 is 10.0 Å². The second-order valence-electron chi connectivity index (χ2n) is 5.90. The quantitative estimate of drug-likeness (QED) is 0.906. The molecule has 116 valence electrons. The number of rotatable bonds is 4. The Balaban J connectivity index is 1.54. The van der Waals surface area contributed by atoms with Gasteiger partial charge in [0.05, 0.1) is 19.3 Å². The lowest BCUT2D eigenvalue weighted by Crippen LogP contribution is -2.61. The number of nitrogens with zero attached hydrogens (tertiary/aromatic N) is 4. The Kier molecular flexibility index (Phi) is 3.70. The number of carbonyl (C=O) groups is 1. The summed E-state index contributed by atoms with van der Waals surface area (Å²) in [5.41, 5.74) is 2.00. The maximum Gasteiger partial charge on any atom is 0.223 e. The summed E-state index contributed by atoms with van der Waals surface area (Å²) < 4.78 is 1.81. The van der Waals surface area contributed by atoms with E-state index in [-0.39, 0.29) is 5.91 Å². The first-order chi connectivity index (χ1) is 10.5. The molecule has 22 heavy (non-hydrogen) atoms. The van der Waals surface area contributed by atoms with Crippen LogP contribution in [0.1, 0.15) is 23.2 Å². The van der Waals surface area contributed by atoms with Gasteiger partial charge in [0.2, 0.25) is 5.91 Å². The van der Waals surface area contributed by atoms with Crippen LogP contribution in [0.15, 0.2) is 30.7 Å². The van der Waals surface area contributed by atoms with Gasteiger partial charge in [-0.2, -0.15) is 5.10 Å². The normalized spacial score (nSPS) is 16.4. The molecule has 0 unspecified atom stereocenters. The van der Waals surface area contributed by atoms with Crippen molar-refractivity contribution in [2.24, 2.45) is 7.05 Å². The zero-order valence-electron chi connectivity index (χ0n) is 12.9. The van der Waals surface area contributed by atoms with Crippen LogP contribution < -0.4 is 0 Å². The number of carbonyl (C=O) groups excluding carboxylic acids is 1. The first kappa shape index (κ1) is 14.7. The van der Waals surface area contributed by atoms with Crippen molar-refractivity contribution in [2.75, 3.05) is 13.1 Å². The summed E-state index contributed by atoms with van der Waals surface area (Å²) in [6.45, 7) is 2.67. The number of aromatic nitrogens is 3. The maximum absolute atomic E-state index is 12.2. The monoisotopic (exact) mass is 300 g/mol. The third-order valence-corrected chi connectivity index (χ3v) is 4.40. The topological polar surface area (TPSA) is 71.2 Å². The van der Waals surface area contributed by atoms with Crippen molar-refractivity contribution < 1.29 is 9.90 Å². The summed E-state index contributed by atoms with van der Waals surface area (Å²) >= 11 is 0. The number of pyridine rings is 1. The van der Waals surface area contributed by atoms with Crippen LogP contribution in [0, 0.1) is 6.92 Å². The van der Waals surface area contributed by atoms with Gasteiger partial charge in [-0.15, -0.1) is 0 Å². The summed E-state index contributed by atoms with van der Waals surface area (Å²) in [6.07, 6.45) is 6.26. The van der Waals surface area contributed by atoms with Gasteiger partial charge in [-0.05, 0) is 25.0 Å². The number of likely N-dealkylation sites (tertiary alicyclic amines) is 1. The minimum atomic E-state index is -0.950. The lowest BCUT2D eigenvalue weighted by atomic mass is 9.87. The van der Waals surface area contributed by atoms with Gasteiger partial charge in [0.15, 0.2) is 0 Å². The second-order valence-corrected chi connectivity index (χ2v) is 5.90. The van der Waals surface area contributed by atoms with E-state index in [0.29, 0.717) is 25.9 Å². The maximum atomic E-state index is 12.2. The molecular formula is C16H20N4O2. The molecule has 0 aliphatic carbocycles. The zero-order valence-corrected chi connectivity index (χ0v) is 12.9. The van der Waals surface area contributed by atoms with E-state index in [2.05, 4.69) is 10.1 Å². The minimum Gasteiger partial charge on any atom is -0.381 e. The average molecular weight is 300 g/mol. The SMILES string of the molecule is Cc1c(CCC(=O)N2CC(O)(c3cccnc3)C2)cnn1C. The molecule has 0 saturated carbocycles. The Labute approximate surface area is 129 Å². The third-order valence-electron chi connectivity index (χ3n) is 4.40. The molecule has 1 N–H and O–H groups in total. The van der Waals surface area contributed by atoms with Crippen molar-refractivity contribution in [3.63, 3.8) is 0 Å². The molecule has 6 heteroatoms. The highest BCUT2D eigenvalue weighted by molar-refractivity contribution is 5.77. The number of amides is 1. The van der Waals surface area contributed by atoms with Crippen LogP contribution in [0.25, 0.3) is 0 Å². The molecule has 2 aromatic rings. The minimum absolute atomic E-state index is 0.0665. The smallest absolute Gasteiger partial charge is 0.223 e. The molecule has 1 amide bonds. The highest BCUT2D eigenvalue weighted by Gasteiger charge is 2.44. The van der Waals surface area contributed by atoms with Crippen LogP contribution >= 0.6 is 0 Å². The van der Waals surface area contributed by atoms with E-state index in [1.807, 2.05) is 30.9 Å². The highest BCUT2D eigenvalue weighted by atomic mass is 16.3. The molecule has 1 fully saturated rings. The molecule has 0 radical (unpaired) electrons.